The minimum absolute atomic E-state index is 0.0507. The van der Waals surface area contributed by atoms with E-state index in [1.807, 2.05) is 50.4 Å². The number of anilines is 2. The highest BCUT2D eigenvalue weighted by molar-refractivity contribution is 6.34. The van der Waals surface area contributed by atoms with E-state index in [1.54, 1.807) is 4.68 Å². The van der Waals surface area contributed by atoms with Crippen LogP contribution in [0.25, 0.3) is 22.0 Å². The average Bonchev–Trinajstić information content (AvgIpc) is 3.88. The fourth-order valence-electron chi connectivity index (χ4n) is 11.9. The van der Waals surface area contributed by atoms with Crippen molar-refractivity contribution in [3.63, 3.8) is 0 Å². The number of aromatic nitrogens is 2. The quantitative estimate of drug-likeness (QED) is 0.0929. The number of piperazine rings is 1. The smallest absolute Gasteiger partial charge is 0.329 e. The topological polar surface area (TPSA) is 188 Å². The number of aryl methyl sites for hydroxylation is 1. The zero-order chi connectivity index (χ0) is 51.1. The van der Waals surface area contributed by atoms with Crippen molar-refractivity contribution in [2.75, 3.05) is 81.9 Å². The van der Waals surface area contributed by atoms with Crippen LogP contribution in [0.4, 0.5) is 25.1 Å². The Morgan fingerprint density at radius 2 is 1.68 bits per heavy atom. The number of nitrogens with two attached hydrogens (primary N) is 1. The second-order valence-electron chi connectivity index (χ2n) is 20.2. The largest absolute Gasteiger partial charge is 0.488 e. The molecule has 2 atom stereocenters. The van der Waals surface area contributed by atoms with E-state index in [0.717, 1.165) is 106 Å². The first-order chi connectivity index (χ1) is 35.2. The van der Waals surface area contributed by atoms with Crippen molar-refractivity contribution >= 4 is 57.8 Å². The summed E-state index contributed by atoms with van der Waals surface area (Å²) in [6.45, 7) is 8.13. The van der Waals surface area contributed by atoms with Gasteiger partial charge >= 0.3 is 6.03 Å². The van der Waals surface area contributed by atoms with Crippen molar-refractivity contribution in [3.05, 3.63) is 100 Å². The Balaban J connectivity index is 0.731. The van der Waals surface area contributed by atoms with Crippen molar-refractivity contribution in [3.8, 4) is 22.6 Å². The maximum atomic E-state index is 16.5. The number of hydrogen-bond donors (Lipinski definition) is 4. The van der Waals surface area contributed by atoms with Gasteiger partial charge in [0.2, 0.25) is 17.7 Å². The molecule has 5 N–H and O–H groups in total. The molecule has 0 bridgehead atoms. The number of nitrogens with one attached hydrogen (secondary N) is 2. The second-order valence-corrected chi connectivity index (χ2v) is 20.5. The molecule has 1 saturated carbocycles. The predicted octanol–water partition coefficient (Wildman–Crippen LogP) is 6.69. The number of nitrogens with zero attached hydrogens (tertiary/aromatic N) is 6. The summed E-state index contributed by atoms with van der Waals surface area (Å²) in [4.78, 5) is 59.6. The van der Waals surface area contributed by atoms with Crippen LogP contribution in [0.1, 0.15) is 79.3 Å². The Labute approximate surface area is 427 Å². The van der Waals surface area contributed by atoms with Crippen LogP contribution in [-0.4, -0.2) is 127 Å². The number of fused-ring (bicyclic) bond motifs is 2. The molecule has 1 aromatic heterocycles. The lowest BCUT2D eigenvalue weighted by Crippen LogP contribution is -2.50. The number of likely N-dealkylation sites (tertiary alicyclic amines) is 1. The number of carbonyl (C=O) groups excluding carboxylic acids is 4. The van der Waals surface area contributed by atoms with E-state index >= 15 is 8.78 Å². The molecule has 4 aromatic carbocycles. The van der Waals surface area contributed by atoms with Gasteiger partial charge in [0.25, 0.3) is 0 Å². The average molecular weight is 1020 g/mol. The van der Waals surface area contributed by atoms with Crippen LogP contribution in [0.3, 0.4) is 0 Å². The summed E-state index contributed by atoms with van der Waals surface area (Å²) >= 11 is 6.73. The first-order valence-electron chi connectivity index (χ1n) is 25.4. The van der Waals surface area contributed by atoms with Gasteiger partial charge in [-0.25, -0.2) is 13.6 Å². The molecule has 0 radical (unpaired) electrons. The maximum absolute atomic E-state index is 16.5. The van der Waals surface area contributed by atoms with Crippen LogP contribution in [0.2, 0.25) is 5.02 Å². The number of aliphatic hydroxyl groups excluding tert-OH is 1. The van der Waals surface area contributed by atoms with Gasteiger partial charge in [-0.1, -0.05) is 48.9 Å². The van der Waals surface area contributed by atoms with Crippen molar-refractivity contribution in [1.29, 1.82) is 0 Å². The molecule has 4 fully saturated rings. The third-order valence-electron chi connectivity index (χ3n) is 15.9. The Bertz CT molecular complexity index is 2920. The van der Waals surface area contributed by atoms with Crippen LogP contribution >= 0.6 is 11.6 Å². The Kier molecular flexibility index (Phi) is 14.4. The minimum atomic E-state index is -1.10. The van der Waals surface area contributed by atoms with Gasteiger partial charge in [0.05, 0.1) is 22.7 Å². The monoisotopic (exact) mass is 1020 g/mol. The van der Waals surface area contributed by atoms with Crippen molar-refractivity contribution in [2.45, 2.75) is 69.4 Å². The van der Waals surface area contributed by atoms with E-state index in [1.165, 1.54) is 23.1 Å². The zero-order valence-electron chi connectivity index (χ0n) is 41.2. The van der Waals surface area contributed by atoms with E-state index in [2.05, 4.69) is 42.6 Å². The van der Waals surface area contributed by atoms with Gasteiger partial charge in [-0.2, -0.15) is 5.10 Å². The highest BCUT2D eigenvalue weighted by Gasteiger charge is 2.50. The summed E-state index contributed by atoms with van der Waals surface area (Å²) in [5, 5.41) is 20.6. The fraction of sp³-hybridized carbons (Fsp3) is 0.463. The normalized spacial score (nSPS) is 22.9. The number of halogens is 3. The molecule has 0 spiro atoms. The van der Waals surface area contributed by atoms with Gasteiger partial charge in [0.15, 0.2) is 23.0 Å². The molecular weight excluding hydrogens is 960 g/mol. The predicted molar refractivity (Wildman–Crippen MR) is 273 cm³/mol. The minimum Gasteiger partial charge on any atom is -0.488 e. The van der Waals surface area contributed by atoms with Crippen molar-refractivity contribution in [2.24, 2.45) is 24.6 Å². The van der Waals surface area contributed by atoms with Gasteiger partial charge in [-0.3, -0.25) is 34.2 Å². The lowest BCUT2D eigenvalue weighted by molar-refractivity contribution is -0.138. The van der Waals surface area contributed by atoms with Gasteiger partial charge in [0, 0.05) is 124 Å². The number of hydrogen-bond acceptors (Lipinski definition) is 11. The van der Waals surface area contributed by atoms with Gasteiger partial charge < -0.3 is 35.4 Å². The van der Waals surface area contributed by atoms with E-state index in [4.69, 9.17) is 26.8 Å². The first-order valence-corrected chi connectivity index (χ1v) is 25.8. The first kappa shape index (κ1) is 50.2. The van der Waals surface area contributed by atoms with Crippen LogP contribution in [-0.2, 0) is 22.2 Å². The van der Waals surface area contributed by atoms with E-state index < -0.39 is 40.1 Å². The fourth-order valence-corrected chi connectivity index (χ4v) is 12.1. The number of ether oxygens (including phenoxy) is 2. The van der Waals surface area contributed by atoms with Crippen LogP contribution in [0.15, 0.2) is 66.7 Å². The highest BCUT2D eigenvalue weighted by Crippen LogP contribution is 2.56. The Morgan fingerprint density at radius 3 is 2.38 bits per heavy atom. The third-order valence-corrected chi connectivity index (χ3v) is 16.3. The zero-order valence-corrected chi connectivity index (χ0v) is 41.9. The molecule has 0 unspecified atom stereocenters. The molecule has 16 nitrogen and oxygen atoms in total. The van der Waals surface area contributed by atoms with E-state index in [9.17, 15) is 24.3 Å². The van der Waals surface area contributed by atoms with Crippen LogP contribution in [0.5, 0.6) is 11.5 Å². The molecule has 3 saturated heterocycles. The van der Waals surface area contributed by atoms with Crippen LogP contribution in [0, 0.1) is 23.5 Å². The van der Waals surface area contributed by atoms with Crippen molar-refractivity contribution < 1.29 is 42.5 Å². The summed E-state index contributed by atoms with van der Waals surface area (Å²) in [6.07, 6.45) is 5.25. The summed E-state index contributed by atoms with van der Waals surface area (Å²) in [5.74, 6) is -2.43. The number of amides is 5. The summed E-state index contributed by atoms with van der Waals surface area (Å²) in [7, 11) is 1.87. The van der Waals surface area contributed by atoms with Crippen LogP contribution < -0.4 is 35.6 Å². The molecular formula is C54H62ClF2N9O7. The summed E-state index contributed by atoms with van der Waals surface area (Å²) < 4.78 is 46.4. The van der Waals surface area contributed by atoms with E-state index in [-0.39, 0.29) is 71.6 Å². The number of benzene rings is 4. The maximum Gasteiger partial charge on any atom is 0.329 e. The number of urea groups is 1. The van der Waals surface area contributed by atoms with Crippen molar-refractivity contribution in [1.82, 2.24) is 30.2 Å². The van der Waals surface area contributed by atoms with Gasteiger partial charge in [0.1, 0.15) is 18.2 Å². The number of carbonyl (C=O) groups is 4. The Morgan fingerprint density at radius 1 is 0.945 bits per heavy atom. The molecule has 4 aliphatic heterocycles. The SMILES string of the molecule is C[C@H]1c2c(cc(F)c(Cl)c2-c2c(C(N)=O)ccc(OCCO)c2F)O[C@]1(CNC1CCC(C(=O)N2CCC(CN3CCN(c4ccc5c(N6CCC(=O)NC6=O)nn(C)c5c4)CC3)CC2)CC1)c1ccccc1. The number of aliphatic hydroxyl groups is 1. The summed E-state index contributed by atoms with van der Waals surface area (Å²) in [6, 6.07) is 19.2. The molecule has 5 amide bonds. The molecule has 73 heavy (non-hydrogen) atoms. The number of rotatable bonds is 14. The molecule has 19 heteroatoms. The molecule has 5 heterocycles. The lowest BCUT2D eigenvalue weighted by atomic mass is 9.77. The van der Waals surface area contributed by atoms with Gasteiger partial charge in [-0.05, 0) is 80.3 Å². The number of imide groups is 1. The number of piperidine rings is 1. The summed E-state index contributed by atoms with van der Waals surface area (Å²) in [5.41, 5.74) is 7.35. The Hall–Kier alpha value is -6.34. The second kappa shape index (κ2) is 20.9. The highest BCUT2D eigenvalue weighted by atomic mass is 35.5. The number of primary amides is 1. The standard InChI is InChI=1S/C54H62ClF2N9O7/c1-32-45-43(29-40(56)48(55)47(45)46-39(50(58)69)14-15-42(49(46)57)72-27-26-67)73-54(32,35-6-4-3-5-7-35)31-59-36-10-8-34(9-11-36)52(70)65-19-16-33(17-20-65)30-63-22-24-64(25-23-63)37-12-13-38-41(28-37)62(2)61-51(38)66-21-18-44(68)60-53(66)71/h3-7,12-15,28-29,32-34,36,59,67H,8-11,16-27,30-31H2,1-2H3,(H2,58,69)(H,60,68,71)/t32-,34?,36?,54-/m0/s1. The molecule has 5 aromatic rings. The molecule has 5 aliphatic rings. The molecule has 1 aliphatic carbocycles. The third kappa shape index (κ3) is 9.70. The van der Waals surface area contributed by atoms with E-state index in [0.29, 0.717) is 30.4 Å². The van der Waals surface area contributed by atoms with Gasteiger partial charge in [-0.15, -0.1) is 0 Å². The molecule has 386 valence electrons. The lowest BCUT2D eigenvalue weighted by Gasteiger charge is -2.41. The molecule has 10 rings (SSSR count).